The van der Waals surface area contributed by atoms with E-state index in [-0.39, 0.29) is 29.8 Å². The van der Waals surface area contributed by atoms with E-state index in [1.807, 2.05) is 0 Å². The molecule has 0 aliphatic heterocycles. The normalized spacial score (nSPS) is 23.4. The summed E-state index contributed by atoms with van der Waals surface area (Å²) in [6, 6.07) is 0. The van der Waals surface area contributed by atoms with Crippen molar-refractivity contribution in [2.24, 2.45) is 11.8 Å². The maximum atomic E-state index is 11.7. The Balaban J connectivity index is 1.78. The average Bonchev–Trinajstić information content (AvgIpc) is 3.02. The van der Waals surface area contributed by atoms with Crippen molar-refractivity contribution in [3.8, 4) is 0 Å². The Hall–Kier alpha value is -0.660. The van der Waals surface area contributed by atoms with Gasteiger partial charge in [0.1, 0.15) is 11.6 Å². The van der Waals surface area contributed by atoms with Crippen molar-refractivity contribution < 1.29 is 9.59 Å². The highest BCUT2D eigenvalue weighted by atomic mass is 16.1. The lowest BCUT2D eigenvalue weighted by molar-refractivity contribution is -0.130. The number of ketones is 2. The van der Waals surface area contributed by atoms with E-state index in [0.29, 0.717) is 0 Å². The van der Waals surface area contributed by atoms with Crippen LogP contribution in [-0.4, -0.2) is 11.6 Å². The van der Waals surface area contributed by atoms with Crippen LogP contribution in [0.25, 0.3) is 0 Å². The minimum absolute atomic E-state index is 0.209. The van der Waals surface area contributed by atoms with Crippen molar-refractivity contribution in [3.05, 3.63) is 0 Å². The molecule has 0 aromatic carbocycles. The Morgan fingerprint density at radius 2 is 1.29 bits per heavy atom. The lowest BCUT2D eigenvalue weighted by atomic mass is 9.84. The van der Waals surface area contributed by atoms with Crippen LogP contribution in [0.3, 0.4) is 0 Å². The van der Waals surface area contributed by atoms with Gasteiger partial charge in [-0.15, -0.1) is 0 Å². The Morgan fingerprint density at radius 1 is 0.786 bits per heavy atom. The average molecular weight is 194 g/mol. The van der Waals surface area contributed by atoms with Gasteiger partial charge in [-0.2, -0.15) is 0 Å². The minimum atomic E-state index is 0.209. The van der Waals surface area contributed by atoms with Crippen LogP contribution in [-0.2, 0) is 9.59 Å². The second-order valence-corrected chi connectivity index (χ2v) is 4.72. The second kappa shape index (κ2) is 4.24. The topological polar surface area (TPSA) is 34.1 Å². The summed E-state index contributed by atoms with van der Waals surface area (Å²) < 4.78 is 0. The Labute approximate surface area is 85.1 Å². The van der Waals surface area contributed by atoms with Gasteiger partial charge in [0, 0.05) is 11.8 Å². The van der Waals surface area contributed by atoms with E-state index in [4.69, 9.17) is 0 Å². The van der Waals surface area contributed by atoms with E-state index in [0.717, 1.165) is 25.7 Å². The SMILES string of the molecule is O=C(CC(=O)C1CC1)C1CCCCC1. The van der Waals surface area contributed by atoms with Gasteiger partial charge < -0.3 is 0 Å². The molecule has 2 saturated carbocycles. The molecule has 0 atom stereocenters. The van der Waals surface area contributed by atoms with Gasteiger partial charge in [-0.25, -0.2) is 0 Å². The van der Waals surface area contributed by atoms with Crippen LogP contribution in [0.5, 0.6) is 0 Å². The van der Waals surface area contributed by atoms with Gasteiger partial charge in [-0.1, -0.05) is 19.3 Å². The number of Topliss-reactive ketones (excluding diaryl/α,β-unsaturated/α-hetero) is 2. The van der Waals surface area contributed by atoms with Crippen LogP contribution in [0, 0.1) is 11.8 Å². The van der Waals surface area contributed by atoms with Crippen LogP contribution >= 0.6 is 0 Å². The van der Waals surface area contributed by atoms with E-state index in [1.54, 1.807) is 0 Å². The van der Waals surface area contributed by atoms with Crippen LogP contribution in [0.1, 0.15) is 51.4 Å². The number of rotatable bonds is 4. The molecule has 0 radical (unpaired) electrons. The lowest BCUT2D eigenvalue weighted by Gasteiger charge is -2.19. The van der Waals surface area contributed by atoms with Crippen molar-refractivity contribution in [1.29, 1.82) is 0 Å². The summed E-state index contributed by atoms with van der Waals surface area (Å²) in [6.07, 6.45) is 7.94. The molecule has 2 heteroatoms. The van der Waals surface area contributed by atoms with Crippen molar-refractivity contribution in [3.63, 3.8) is 0 Å². The lowest BCUT2D eigenvalue weighted by Crippen LogP contribution is -2.21. The van der Waals surface area contributed by atoms with Crippen LogP contribution in [0.4, 0.5) is 0 Å². The van der Waals surface area contributed by atoms with E-state index < -0.39 is 0 Å². The predicted molar refractivity (Wildman–Crippen MR) is 53.9 cm³/mol. The fourth-order valence-electron chi connectivity index (χ4n) is 2.29. The molecule has 0 heterocycles. The zero-order chi connectivity index (χ0) is 9.97. The van der Waals surface area contributed by atoms with Crippen molar-refractivity contribution >= 4 is 11.6 Å². The van der Waals surface area contributed by atoms with Crippen molar-refractivity contribution in [2.75, 3.05) is 0 Å². The summed E-state index contributed by atoms with van der Waals surface area (Å²) in [5.41, 5.74) is 0. The highest BCUT2D eigenvalue weighted by Crippen LogP contribution is 2.32. The summed E-state index contributed by atoms with van der Waals surface area (Å²) in [5.74, 6) is 0.899. The maximum Gasteiger partial charge on any atom is 0.143 e. The van der Waals surface area contributed by atoms with Gasteiger partial charge in [0.2, 0.25) is 0 Å². The van der Waals surface area contributed by atoms with Crippen molar-refractivity contribution in [2.45, 2.75) is 51.4 Å². The third kappa shape index (κ3) is 2.43. The number of carbonyl (C=O) groups excluding carboxylic acids is 2. The molecule has 0 amide bonds. The highest BCUT2D eigenvalue weighted by molar-refractivity contribution is 6.01. The molecule has 78 valence electrons. The molecule has 0 unspecified atom stereocenters. The molecule has 2 rings (SSSR count). The predicted octanol–water partition coefficient (Wildman–Crippen LogP) is 2.51. The van der Waals surface area contributed by atoms with Crippen LogP contribution in [0.2, 0.25) is 0 Å². The molecule has 14 heavy (non-hydrogen) atoms. The van der Waals surface area contributed by atoms with E-state index in [9.17, 15) is 9.59 Å². The first-order chi connectivity index (χ1) is 6.77. The molecular weight excluding hydrogens is 176 g/mol. The first-order valence-electron chi connectivity index (χ1n) is 5.83. The van der Waals surface area contributed by atoms with Crippen LogP contribution in [0.15, 0.2) is 0 Å². The van der Waals surface area contributed by atoms with E-state index >= 15 is 0 Å². The highest BCUT2D eigenvalue weighted by Gasteiger charge is 2.32. The van der Waals surface area contributed by atoms with Gasteiger partial charge in [-0.3, -0.25) is 9.59 Å². The summed E-state index contributed by atoms with van der Waals surface area (Å²) >= 11 is 0. The first kappa shape index (κ1) is 9.88. The number of hydrogen-bond donors (Lipinski definition) is 0. The Morgan fingerprint density at radius 3 is 1.79 bits per heavy atom. The fraction of sp³-hybridized carbons (Fsp3) is 0.833. The zero-order valence-corrected chi connectivity index (χ0v) is 8.63. The summed E-state index contributed by atoms with van der Waals surface area (Å²) in [7, 11) is 0. The molecule has 0 bridgehead atoms. The molecule has 0 N–H and O–H groups in total. The second-order valence-electron chi connectivity index (χ2n) is 4.72. The molecular formula is C12H18O2. The Kier molecular flexibility index (Phi) is 2.99. The quantitative estimate of drug-likeness (QED) is 0.644. The maximum absolute atomic E-state index is 11.7. The first-order valence-corrected chi connectivity index (χ1v) is 5.83. The van der Waals surface area contributed by atoms with Gasteiger partial charge in [-0.05, 0) is 25.7 Å². The monoisotopic (exact) mass is 194 g/mol. The number of hydrogen-bond acceptors (Lipinski definition) is 2. The molecule has 0 aromatic rings. The standard InChI is InChI=1S/C12H18O2/c13-11(8-12(14)10-6-7-10)9-4-2-1-3-5-9/h9-10H,1-8H2. The molecule has 2 nitrogen and oxygen atoms in total. The summed E-state index contributed by atoms with van der Waals surface area (Å²) in [6.45, 7) is 0. The van der Waals surface area contributed by atoms with Crippen LogP contribution < -0.4 is 0 Å². The largest absolute Gasteiger partial charge is 0.299 e. The third-order valence-corrected chi connectivity index (χ3v) is 3.44. The van der Waals surface area contributed by atoms with Gasteiger partial charge in [0.15, 0.2) is 0 Å². The molecule has 0 spiro atoms. The number of carbonyl (C=O) groups is 2. The third-order valence-electron chi connectivity index (χ3n) is 3.44. The zero-order valence-electron chi connectivity index (χ0n) is 8.63. The minimum Gasteiger partial charge on any atom is -0.299 e. The smallest absolute Gasteiger partial charge is 0.143 e. The molecule has 2 fully saturated rings. The summed E-state index contributed by atoms with van der Waals surface area (Å²) in [4.78, 5) is 23.2. The summed E-state index contributed by atoms with van der Waals surface area (Å²) in [5, 5.41) is 0. The fourth-order valence-corrected chi connectivity index (χ4v) is 2.29. The van der Waals surface area contributed by atoms with Gasteiger partial charge in [0.05, 0.1) is 6.42 Å². The molecule has 2 aliphatic rings. The molecule has 2 aliphatic carbocycles. The van der Waals surface area contributed by atoms with Gasteiger partial charge >= 0.3 is 0 Å². The molecule has 0 saturated heterocycles. The van der Waals surface area contributed by atoms with E-state index in [2.05, 4.69) is 0 Å². The van der Waals surface area contributed by atoms with Crippen molar-refractivity contribution in [1.82, 2.24) is 0 Å². The van der Waals surface area contributed by atoms with Gasteiger partial charge in [0.25, 0.3) is 0 Å². The molecule has 0 aromatic heterocycles. The van der Waals surface area contributed by atoms with E-state index in [1.165, 1.54) is 19.3 Å². The Bertz CT molecular complexity index is 235.